The molecule has 0 radical (unpaired) electrons. The average molecular weight is 245 g/mol. The normalized spacial score (nSPS) is 10.1. The van der Waals surface area contributed by atoms with Crippen molar-refractivity contribution in [1.29, 1.82) is 5.26 Å². The average Bonchev–Trinajstić information content (AvgIpc) is 2.83. The number of aromatic nitrogens is 2. The molecule has 1 aromatic heterocycles. The molecule has 0 aliphatic carbocycles. The zero-order valence-electron chi connectivity index (χ0n) is 9.93. The molecule has 4 nitrogen and oxygen atoms in total. The first-order chi connectivity index (χ1) is 8.76. The van der Waals surface area contributed by atoms with E-state index in [0.717, 1.165) is 12.2 Å². The molecule has 0 atom stereocenters. The standard InChI is InChI=1S/C13H12FN3O/c1-2-17-9-16-7-10(17)8-18-13-5-3-4-12(14)11(13)6-15/h3-5,7,9H,2,8H2,1H3. The number of nitriles is 1. The van der Waals surface area contributed by atoms with Crippen LogP contribution in [0.25, 0.3) is 0 Å². The van der Waals surface area contributed by atoms with Crippen molar-refractivity contribution >= 4 is 0 Å². The highest BCUT2D eigenvalue weighted by Crippen LogP contribution is 2.21. The van der Waals surface area contributed by atoms with Crippen molar-refractivity contribution in [3.63, 3.8) is 0 Å². The van der Waals surface area contributed by atoms with Crippen LogP contribution in [0, 0.1) is 17.1 Å². The molecule has 18 heavy (non-hydrogen) atoms. The molecule has 1 aromatic carbocycles. The molecule has 2 rings (SSSR count). The Morgan fingerprint density at radius 3 is 3.06 bits per heavy atom. The Bertz CT molecular complexity index is 586. The molecule has 0 unspecified atom stereocenters. The van der Waals surface area contributed by atoms with Gasteiger partial charge >= 0.3 is 0 Å². The summed E-state index contributed by atoms with van der Waals surface area (Å²) in [4.78, 5) is 4.01. The highest BCUT2D eigenvalue weighted by Gasteiger charge is 2.09. The van der Waals surface area contributed by atoms with Crippen LogP contribution in [0.3, 0.4) is 0 Å². The molecule has 0 aliphatic heterocycles. The number of ether oxygens (including phenoxy) is 1. The van der Waals surface area contributed by atoms with Gasteiger partial charge in [-0.25, -0.2) is 9.37 Å². The molecule has 5 heteroatoms. The van der Waals surface area contributed by atoms with Gasteiger partial charge in [0.1, 0.15) is 29.8 Å². The summed E-state index contributed by atoms with van der Waals surface area (Å²) < 4.78 is 20.7. The van der Waals surface area contributed by atoms with Gasteiger partial charge in [-0.05, 0) is 19.1 Å². The minimum absolute atomic E-state index is 0.0694. The number of hydrogen-bond acceptors (Lipinski definition) is 3. The molecule has 92 valence electrons. The van der Waals surface area contributed by atoms with E-state index in [4.69, 9.17) is 10.00 Å². The van der Waals surface area contributed by atoms with Gasteiger partial charge in [-0.3, -0.25) is 0 Å². The van der Waals surface area contributed by atoms with Crippen LogP contribution >= 0.6 is 0 Å². The number of aryl methyl sites for hydroxylation is 1. The van der Waals surface area contributed by atoms with E-state index in [1.165, 1.54) is 12.1 Å². The molecule has 0 bridgehead atoms. The van der Waals surface area contributed by atoms with Crippen LogP contribution < -0.4 is 4.74 Å². The summed E-state index contributed by atoms with van der Waals surface area (Å²) in [5.41, 5.74) is 0.811. The van der Waals surface area contributed by atoms with E-state index in [0.29, 0.717) is 0 Å². The minimum atomic E-state index is -0.570. The number of nitrogens with zero attached hydrogens (tertiary/aromatic N) is 3. The number of imidazole rings is 1. The summed E-state index contributed by atoms with van der Waals surface area (Å²) >= 11 is 0. The molecular formula is C13H12FN3O. The molecule has 0 fully saturated rings. The zero-order chi connectivity index (χ0) is 13.0. The Morgan fingerprint density at radius 2 is 2.33 bits per heavy atom. The smallest absolute Gasteiger partial charge is 0.144 e. The van der Waals surface area contributed by atoms with Crippen molar-refractivity contribution in [2.45, 2.75) is 20.1 Å². The molecule has 0 amide bonds. The summed E-state index contributed by atoms with van der Waals surface area (Å²) in [5, 5.41) is 8.87. The summed E-state index contributed by atoms with van der Waals surface area (Å²) in [6.07, 6.45) is 3.39. The second-order valence-corrected chi connectivity index (χ2v) is 3.68. The fraction of sp³-hybridized carbons (Fsp3) is 0.231. The fourth-order valence-electron chi connectivity index (χ4n) is 1.64. The van der Waals surface area contributed by atoms with Gasteiger partial charge in [-0.15, -0.1) is 0 Å². The molecule has 0 N–H and O–H groups in total. The molecule has 0 saturated carbocycles. The molecule has 1 heterocycles. The predicted molar refractivity (Wildman–Crippen MR) is 63.3 cm³/mol. The van der Waals surface area contributed by atoms with Crippen molar-refractivity contribution in [1.82, 2.24) is 9.55 Å². The highest BCUT2D eigenvalue weighted by molar-refractivity contribution is 5.43. The van der Waals surface area contributed by atoms with Crippen molar-refractivity contribution < 1.29 is 9.13 Å². The molecule has 2 aromatic rings. The minimum Gasteiger partial charge on any atom is -0.486 e. The molecule has 0 aliphatic rings. The monoisotopic (exact) mass is 245 g/mol. The van der Waals surface area contributed by atoms with Crippen LogP contribution in [-0.4, -0.2) is 9.55 Å². The van der Waals surface area contributed by atoms with Crippen LogP contribution in [0.1, 0.15) is 18.2 Å². The Kier molecular flexibility index (Phi) is 3.58. The Balaban J connectivity index is 2.16. The summed E-state index contributed by atoms with van der Waals surface area (Å²) in [6, 6.07) is 6.13. The van der Waals surface area contributed by atoms with E-state index in [9.17, 15) is 4.39 Å². The fourth-order valence-corrected chi connectivity index (χ4v) is 1.64. The van der Waals surface area contributed by atoms with E-state index in [1.54, 1.807) is 24.7 Å². The number of rotatable bonds is 4. The van der Waals surface area contributed by atoms with Gasteiger partial charge in [-0.1, -0.05) is 6.07 Å². The van der Waals surface area contributed by atoms with Crippen molar-refractivity contribution in [3.05, 3.63) is 47.8 Å². The van der Waals surface area contributed by atoms with Crippen LogP contribution in [0.2, 0.25) is 0 Å². The predicted octanol–water partition coefficient (Wildman–Crippen LogP) is 2.49. The van der Waals surface area contributed by atoms with Crippen LogP contribution in [0.5, 0.6) is 5.75 Å². The summed E-state index contributed by atoms with van der Waals surface area (Å²) in [7, 11) is 0. The SMILES string of the molecule is CCn1cncc1COc1cccc(F)c1C#N. The van der Waals surface area contributed by atoms with Gasteiger partial charge in [0.2, 0.25) is 0 Å². The third-order valence-corrected chi connectivity index (χ3v) is 2.60. The Morgan fingerprint density at radius 1 is 1.50 bits per heavy atom. The first-order valence-electron chi connectivity index (χ1n) is 5.56. The van der Waals surface area contributed by atoms with Crippen molar-refractivity contribution in [3.8, 4) is 11.8 Å². The number of halogens is 1. The Labute approximate surface area is 104 Å². The molecular weight excluding hydrogens is 233 g/mol. The second-order valence-electron chi connectivity index (χ2n) is 3.68. The van der Waals surface area contributed by atoms with E-state index >= 15 is 0 Å². The third kappa shape index (κ3) is 2.33. The van der Waals surface area contributed by atoms with Crippen LogP contribution in [0.4, 0.5) is 4.39 Å². The van der Waals surface area contributed by atoms with Gasteiger partial charge in [0, 0.05) is 6.54 Å². The topological polar surface area (TPSA) is 50.8 Å². The quantitative estimate of drug-likeness (QED) is 0.831. The first kappa shape index (κ1) is 12.1. The lowest BCUT2D eigenvalue weighted by atomic mass is 10.2. The third-order valence-electron chi connectivity index (χ3n) is 2.60. The van der Waals surface area contributed by atoms with Gasteiger partial charge in [-0.2, -0.15) is 5.26 Å². The van der Waals surface area contributed by atoms with E-state index in [-0.39, 0.29) is 17.9 Å². The maximum atomic E-state index is 13.3. The van der Waals surface area contributed by atoms with Crippen LogP contribution in [0.15, 0.2) is 30.7 Å². The summed E-state index contributed by atoms with van der Waals surface area (Å²) in [5.74, 6) is -0.319. The van der Waals surface area contributed by atoms with Crippen molar-refractivity contribution in [2.24, 2.45) is 0 Å². The lowest BCUT2D eigenvalue weighted by Crippen LogP contribution is -2.04. The van der Waals surface area contributed by atoms with Crippen LogP contribution in [-0.2, 0) is 13.2 Å². The maximum absolute atomic E-state index is 13.3. The molecule has 0 spiro atoms. The lowest BCUT2D eigenvalue weighted by Gasteiger charge is -2.09. The Hall–Kier alpha value is -2.35. The zero-order valence-corrected chi connectivity index (χ0v) is 9.93. The van der Waals surface area contributed by atoms with Crippen molar-refractivity contribution in [2.75, 3.05) is 0 Å². The van der Waals surface area contributed by atoms with Gasteiger partial charge < -0.3 is 9.30 Å². The van der Waals surface area contributed by atoms with Gasteiger partial charge in [0.25, 0.3) is 0 Å². The number of hydrogen-bond donors (Lipinski definition) is 0. The van der Waals surface area contributed by atoms with E-state index in [1.807, 2.05) is 11.5 Å². The first-order valence-corrected chi connectivity index (χ1v) is 5.56. The maximum Gasteiger partial charge on any atom is 0.144 e. The number of benzene rings is 1. The summed E-state index contributed by atoms with van der Waals surface area (Å²) in [6.45, 7) is 3.03. The van der Waals surface area contributed by atoms with Gasteiger partial charge in [0.15, 0.2) is 0 Å². The second kappa shape index (κ2) is 5.32. The lowest BCUT2D eigenvalue weighted by molar-refractivity contribution is 0.293. The van der Waals surface area contributed by atoms with E-state index < -0.39 is 5.82 Å². The van der Waals surface area contributed by atoms with Gasteiger partial charge in [0.05, 0.1) is 18.2 Å². The van der Waals surface area contributed by atoms with E-state index in [2.05, 4.69) is 4.98 Å². The highest BCUT2D eigenvalue weighted by atomic mass is 19.1. The molecule has 0 saturated heterocycles. The largest absolute Gasteiger partial charge is 0.486 e.